The van der Waals surface area contributed by atoms with Gasteiger partial charge in [0, 0.05) is 47.9 Å². The van der Waals surface area contributed by atoms with Crippen LogP contribution in [0.3, 0.4) is 0 Å². The van der Waals surface area contributed by atoms with Gasteiger partial charge in [-0.2, -0.15) is 5.10 Å². The Labute approximate surface area is 163 Å². The quantitative estimate of drug-likeness (QED) is 0.708. The molecule has 3 aromatic rings. The van der Waals surface area contributed by atoms with E-state index in [2.05, 4.69) is 36.2 Å². The molecule has 142 valence electrons. The standard InChI is InChI=1S/C20H24ClN5O/c1-5-8-25-13-15(6-7-19(25)27)26-12-14(10-23-26)16-11-22-18(9-17(16)21)24-20(2,3)4/h6-7,9-13H,5,8H2,1-4H3,(H,22,24). The minimum absolute atomic E-state index is 0.0119. The predicted molar refractivity (Wildman–Crippen MR) is 110 cm³/mol. The fourth-order valence-corrected chi connectivity index (χ4v) is 3.03. The van der Waals surface area contributed by atoms with Gasteiger partial charge in [0.15, 0.2) is 0 Å². The SMILES string of the molecule is CCCn1cc(-n2cc(-c3cnc(NC(C)(C)C)cc3Cl)cn2)ccc1=O. The largest absolute Gasteiger partial charge is 0.365 e. The van der Waals surface area contributed by atoms with Crippen LogP contribution >= 0.6 is 11.6 Å². The topological polar surface area (TPSA) is 64.7 Å². The molecule has 0 saturated heterocycles. The zero-order valence-electron chi connectivity index (χ0n) is 16.0. The number of nitrogens with zero attached hydrogens (tertiary/aromatic N) is 4. The molecule has 3 heterocycles. The average Bonchev–Trinajstić information content (AvgIpc) is 3.05. The van der Waals surface area contributed by atoms with Gasteiger partial charge in [-0.3, -0.25) is 4.79 Å². The Morgan fingerprint density at radius 2 is 1.96 bits per heavy atom. The van der Waals surface area contributed by atoms with E-state index in [0.29, 0.717) is 11.6 Å². The van der Waals surface area contributed by atoms with Crippen LogP contribution in [0.25, 0.3) is 16.8 Å². The molecular weight excluding hydrogens is 362 g/mol. The number of hydrogen-bond acceptors (Lipinski definition) is 4. The summed E-state index contributed by atoms with van der Waals surface area (Å²) >= 11 is 6.47. The fraction of sp³-hybridized carbons (Fsp3) is 0.350. The molecule has 0 atom stereocenters. The molecule has 0 unspecified atom stereocenters. The maximum atomic E-state index is 11.9. The van der Waals surface area contributed by atoms with Gasteiger partial charge in [0.05, 0.1) is 16.9 Å². The zero-order chi connectivity index (χ0) is 19.6. The molecule has 0 saturated carbocycles. The van der Waals surface area contributed by atoms with E-state index in [-0.39, 0.29) is 11.1 Å². The molecule has 3 rings (SSSR count). The summed E-state index contributed by atoms with van der Waals surface area (Å²) in [7, 11) is 0. The van der Waals surface area contributed by atoms with Crippen LogP contribution in [0.1, 0.15) is 34.1 Å². The van der Waals surface area contributed by atoms with Crippen molar-refractivity contribution in [3.05, 3.63) is 58.4 Å². The molecule has 0 aromatic carbocycles. The Morgan fingerprint density at radius 3 is 2.63 bits per heavy atom. The molecule has 27 heavy (non-hydrogen) atoms. The first-order valence-corrected chi connectivity index (χ1v) is 9.34. The highest BCUT2D eigenvalue weighted by Crippen LogP contribution is 2.29. The van der Waals surface area contributed by atoms with E-state index < -0.39 is 0 Å². The van der Waals surface area contributed by atoms with Crippen molar-refractivity contribution in [2.24, 2.45) is 0 Å². The summed E-state index contributed by atoms with van der Waals surface area (Å²) in [4.78, 5) is 16.4. The molecule has 0 aliphatic carbocycles. The van der Waals surface area contributed by atoms with Crippen molar-refractivity contribution >= 4 is 17.4 Å². The number of nitrogens with one attached hydrogen (secondary N) is 1. The molecule has 0 fully saturated rings. The summed E-state index contributed by atoms with van der Waals surface area (Å²) in [5.74, 6) is 0.732. The van der Waals surface area contributed by atoms with Crippen LogP contribution in [0, 0.1) is 0 Å². The minimum atomic E-state index is -0.0929. The van der Waals surface area contributed by atoms with Crippen LogP contribution in [-0.4, -0.2) is 24.9 Å². The van der Waals surface area contributed by atoms with Crippen LogP contribution in [0.5, 0.6) is 0 Å². The summed E-state index contributed by atoms with van der Waals surface area (Å²) < 4.78 is 3.43. The van der Waals surface area contributed by atoms with Crippen LogP contribution in [-0.2, 0) is 6.54 Å². The van der Waals surface area contributed by atoms with Gasteiger partial charge in [-0.05, 0) is 39.3 Å². The van der Waals surface area contributed by atoms with E-state index in [1.165, 1.54) is 0 Å². The number of pyridine rings is 2. The Hall–Kier alpha value is -2.60. The lowest BCUT2D eigenvalue weighted by Gasteiger charge is -2.21. The van der Waals surface area contributed by atoms with E-state index >= 15 is 0 Å². The van der Waals surface area contributed by atoms with E-state index in [1.54, 1.807) is 33.8 Å². The Morgan fingerprint density at radius 1 is 1.19 bits per heavy atom. The predicted octanol–water partition coefficient (Wildman–Crippen LogP) is 4.37. The van der Waals surface area contributed by atoms with Crippen molar-refractivity contribution in [2.45, 2.75) is 46.2 Å². The van der Waals surface area contributed by atoms with E-state index in [0.717, 1.165) is 29.1 Å². The van der Waals surface area contributed by atoms with Gasteiger partial charge in [0.25, 0.3) is 5.56 Å². The van der Waals surface area contributed by atoms with E-state index in [9.17, 15) is 4.79 Å². The lowest BCUT2D eigenvalue weighted by atomic mass is 10.1. The van der Waals surface area contributed by atoms with Crippen molar-refractivity contribution in [3.63, 3.8) is 0 Å². The van der Waals surface area contributed by atoms with Crippen molar-refractivity contribution in [2.75, 3.05) is 5.32 Å². The number of aryl methyl sites for hydroxylation is 1. The lowest BCUT2D eigenvalue weighted by molar-refractivity contribution is 0.630. The molecule has 7 heteroatoms. The third-order valence-electron chi connectivity index (χ3n) is 3.95. The first-order valence-electron chi connectivity index (χ1n) is 8.96. The summed E-state index contributed by atoms with van der Waals surface area (Å²) in [5.41, 5.74) is 2.39. The molecule has 0 amide bonds. The van der Waals surface area contributed by atoms with Crippen LogP contribution in [0.2, 0.25) is 5.02 Å². The van der Waals surface area contributed by atoms with Crippen LogP contribution < -0.4 is 10.9 Å². The second-order valence-electron chi connectivity index (χ2n) is 7.52. The van der Waals surface area contributed by atoms with Gasteiger partial charge >= 0.3 is 0 Å². The highest BCUT2D eigenvalue weighted by Gasteiger charge is 2.13. The van der Waals surface area contributed by atoms with Gasteiger partial charge in [-0.1, -0.05) is 18.5 Å². The lowest BCUT2D eigenvalue weighted by Crippen LogP contribution is -2.26. The zero-order valence-corrected chi connectivity index (χ0v) is 16.8. The molecule has 0 aliphatic rings. The van der Waals surface area contributed by atoms with Crippen LogP contribution in [0.15, 0.2) is 47.8 Å². The van der Waals surface area contributed by atoms with Crippen LogP contribution in [0.4, 0.5) is 5.82 Å². The first-order chi connectivity index (χ1) is 12.8. The molecule has 0 bridgehead atoms. The summed E-state index contributed by atoms with van der Waals surface area (Å²) in [6.45, 7) is 8.92. The highest BCUT2D eigenvalue weighted by molar-refractivity contribution is 6.33. The van der Waals surface area contributed by atoms with Crippen molar-refractivity contribution in [1.29, 1.82) is 0 Å². The van der Waals surface area contributed by atoms with Gasteiger partial charge in [0.2, 0.25) is 0 Å². The first kappa shape index (κ1) is 19.2. The van der Waals surface area contributed by atoms with E-state index in [4.69, 9.17) is 11.6 Å². The molecule has 0 radical (unpaired) electrons. The number of rotatable bonds is 5. The molecule has 3 aromatic heterocycles. The van der Waals surface area contributed by atoms with Crippen molar-refractivity contribution in [3.8, 4) is 16.8 Å². The average molecular weight is 386 g/mol. The molecule has 0 aliphatic heterocycles. The number of halogens is 1. The second-order valence-corrected chi connectivity index (χ2v) is 7.92. The number of anilines is 1. The van der Waals surface area contributed by atoms with Gasteiger partial charge < -0.3 is 9.88 Å². The molecule has 6 nitrogen and oxygen atoms in total. The fourth-order valence-electron chi connectivity index (χ4n) is 2.77. The number of aromatic nitrogens is 4. The third-order valence-corrected chi connectivity index (χ3v) is 4.26. The highest BCUT2D eigenvalue weighted by atomic mass is 35.5. The van der Waals surface area contributed by atoms with Gasteiger partial charge in [0.1, 0.15) is 5.82 Å². The Kier molecular flexibility index (Phi) is 5.37. The van der Waals surface area contributed by atoms with Gasteiger partial charge in [-0.25, -0.2) is 9.67 Å². The number of hydrogen-bond donors (Lipinski definition) is 1. The normalized spacial score (nSPS) is 11.6. The summed E-state index contributed by atoms with van der Waals surface area (Å²) in [6, 6.07) is 5.15. The van der Waals surface area contributed by atoms with E-state index in [1.807, 2.05) is 25.4 Å². The van der Waals surface area contributed by atoms with Crippen molar-refractivity contribution < 1.29 is 0 Å². The van der Waals surface area contributed by atoms with Gasteiger partial charge in [-0.15, -0.1) is 0 Å². The second kappa shape index (κ2) is 7.56. The van der Waals surface area contributed by atoms with Crippen molar-refractivity contribution in [1.82, 2.24) is 19.3 Å². The Bertz CT molecular complexity index is 1000. The maximum Gasteiger partial charge on any atom is 0.250 e. The monoisotopic (exact) mass is 385 g/mol. The maximum absolute atomic E-state index is 11.9. The summed E-state index contributed by atoms with van der Waals surface area (Å²) in [5, 5.41) is 8.33. The smallest absolute Gasteiger partial charge is 0.250 e. The molecule has 0 spiro atoms. The molecular formula is C20H24ClN5O. The molecule has 1 N–H and O–H groups in total. The summed E-state index contributed by atoms with van der Waals surface area (Å²) in [6.07, 6.45) is 8.09. The minimum Gasteiger partial charge on any atom is -0.365 e. The Balaban J connectivity index is 1.90. The third kappa shape index (κ3) is 4.57.